The minimum Gasteiger partial charge on any atom is -0.482 e. The number of rotatable bonds is 7. The molecule has 1 aromatic carbocycles. The number of nitrogens with two attached hydrogens (primary N) is 1. The summed E-state index contributed by atoms with van der Waals surface area (Å²) < 4.78 is 23.6. The van der Waals surface area contributed by atoms with Crippen LogP contribution in [0.15, 0.2) is 12.1 Å². The third kappa shape index (κ3) is 5.33. The molecule has 2 N–H and O–H groups in total. The number of benzene rings is 1. The van der Waals surface area contributed by atoms with Crippen LogP contribution < -0.4 is 10.5 Å². The molecule has 8 heteroatoms. The van der Waals surface area contributed by atoms with Gasteiger partial charge in [-0.15, -0.1) is 0 Å². The molecule has 1 rings (SSSR count). The van der Waals surface area contributed by atoms with Crippen LogP contribution in [0.4, 0.5) is 4.39 Å². The Labute approximate surface area is 131 Å². The highest BCUT2D eigenvalue weighted by Gasteiger charge is 2.20. The Morgan fingerprint density at radius 1 is 1.32 bits per heavy atom. The first kappa shape index (κ1) is 17.9. The number of esters is 1. The third-order valence-corrected chi connectivity index (χ3v) is 2.66. The van der Waals surface area contributed by atoms with Crippen molar-refractivity contribution in [3.8, 4) is 5.75 Å². The van der Waals surface area contributed by atoms with Crippen molar-refractivity contribution in [2.75, 3.05) is 6.61 Å². The van der Waals surface area contributed by atoms with Crippen molar-refractivity contribution in [3.05, 3.63) is 28.5 Å². The number of carbonyl (C=O) groups is 3. The number of ether oxygens (including phenoxy) is 2. The van der Waals surface area contributed by atoms with Crippen molar-refractivity contribution in [1.82, 2.24) is 0 Å². The molecule has 0 unspecified atom stereocenters. The fourth-order valence-corrected chi connectivity index (χ4v) is 1.74. The Bertz CT molecular complexity index is 603. The number of primary amides is 1. The molecule has 0 saturated heterocycles. The maximum Gasteiger partial charge on any atom is 0.313 e. The lowest BCUT2D eigenvalue weighted by molar-refractivity contribution is -0.146. The standard InChI is InChI=1S/C14H15ClFNO5/c1-7(2)22-14(20)5-11(18)8-3-12(21-6-13(17)19)9(15)4-10(8)16/h3-4,7H,5-6H2,1-2H3,(H2,17,19). The van der Waals surface area contributed by atoms with Crippen LogP contribution in [-0.2, 0) is 14.3 Å². The molecule has 0 radical (unpaired) electrons. The first-order chi connectivity index (χ1) is 10.2. The second-order valence-electron chi connectivity index (χ2n) is 4.66. The highest BCUT2D eigenvalue weighted by molar-refractivity contribution is 6.32. The minimum atomic E-state index is -0.904. The number of hydrogen-bond acceptors (Lipinski definition) is 5. The molecule has 0 atom stereocenters. The van der Waals surface area contributed by atoms with E-state index in [1.165, 1.54) is 0 Å². The van der Waals surface area contributed by atoms with Crippen molar-refractivity contribution in [1.29, 1.82) is 0 Å². The monoisotopic (exact) mass is 331 g/mol. The van der Waals surface area contributed by atoms with Crippen LogP contribution >= 0.6 is 11.6 Å². The molecule has 0 fully saturated rings. The van der Waals surface area contributed by atoms with E-state index in [1.807, 2.05) is 0 Å². The van der Waals surface area contributed by atoms with Crippen molar-refractivity contribution >= 4 is 29.3 Å². The molecule has 22 heavy (non-hydrogen) atoms. The smallest absolute Gasteiger partial charge is 0.313 e. The van der Waals surface area contributed by atoms with E-state index >= 15 is 0 Å². The lowest BCUT2D eigenvalue weighted by Gasteiger charge is -2.10. The van der Waals surface area contributed by atoms with Gasteiger partial charge in [0.25, 0.3) is 5.91 Å². The summed E-state index contributed by atoms with van der Waals surface area (Å²) in [5.74, 6) is -3.30. The van der Waals surface area contributed by atoms with Crippen LogP contribution in [0.5, 0.6) is 5.75 Å². The molecular weight excluding hydrogens is 317 g/mol. The summed E-state index contributed by atoms with van der Waals surface area (Å²) in [7, 11) is 0. The van der Waals surface area contributed by atoms with E-state index in [-0.39, 0.29) is 22.4 Å². The van der Waals surface area contributed by atoms with E-state index in [0.717, 1.165) is 12.1 Å². The Balaban J connectivity index is 2.93. The van der Waals surface area contributed by atoms with Gasteiger partial charge in [0.2, 0.25) is 0 Å². The van der Waals surface area contributed by atoms with Gasteiger partial charge in [-0.05, 0) is 26.0 Å². The highest BCUT2D eigenvalue weighted by Crippen LogP contribution is 2.28. The number of amides is 1. The molecule has 6 nitrogen and oxygen atoms in total. The number of carbonyl (C=O) groups excluding carboxylic acids is 3. The van der Waals surface area contributed by atoms with Gasteiger partial charge in [-0.25, -0.2) is 4.39 Å². The number of ketones is 1. The number of halogens is 2. The summed E-state index contributed by atoms with van der Waals surface area (Å²) >= 11 is 5.74. The Kier molecular flexibility index (Phi) is 6.30. The summed E-state index contributed by atoms with van der Waals surface area (Å²) in [4.78, 5) is 34.0. The Morgan fingerprint density at radius 2 is 1.95 bits per heavy atom. The molecule has 0 spiro atoms. The van der Waals surface area contributed by atoms with Crippen LogP contribution in [0.1, 0.15) is 30.6 Å². The van der Waals surface area contributed by atoms with Crippen molar-refractivity contribution in [2.24, 2.45) is 5.73 Å². The summed E-state index contributed by atoms with van der Waals surface area (Å²) in [6.45, 7) is 2.77. The van der Waals surface area contributed by atoms with Crippen molar-refractivity contribution in [3.63, 3.8) is 0 Å². The molecule has 0 aromatic heterocycles. The lowest BCUT2D eigenvalue weighted by atomic mass is 10.1. The number of hydrogen-bond donors (Lipinski definition) is 1. The molecule has 1 amide bonds. The first-order valence-corrected chi connectivity index (χ1v) is 6.71. The average Bonchev–Trinajstić information content (AvgIpc) is 2.35. The highest BCUT2D eigenvalue weighted by atomic mass is 35.5. The molecule has 0 aliphatic rings. The molecular formula is C14H15ClFNO5. The van der Waals surface area contributed by atoms with Gasteiger partial charge in [0.05, 0.1) is 16.7 Å². The summed E-state index contributed by atoms with van der Waals surface area (Å²) in [6.07, 6.45) is -1.00. The second-order valence-corrected chi connectivity index (χ2v) is 5.06. The fourth-order valence-electron chi connectivity index (χ4n) is 1.53. The van der Waals surface area contributed by atoms with Gasteiger partial charge in [0.1, 0.15) is 18.0 Å². The zero-order chi connectivity index (χ0) is 16.9. The van der Waals surface area contributed by atoms with Gasteiger partial charge in [0.15, 0.2) is 12.4 Å². The predicted molar refractivity (Wildman–Crippen MR) is 76.3 cm³/mol. The van der Waals surface area contributed by atoms with Crippen LogP contribution in [0, 0.1) is 5.82 Å². The normalized spacial score (nSPS) is 10.4. The molecule has 0 saturated carbocycles. The Hall–Kier alpha value is -2.15. The summed E-state index contributed by atoms with van der Waals surface area (Å²) in [5, 5.41) is -0.125. The largest absolute Gasteiger partial charge is 0.482 e. The molecule has 0 heterocycles. The first-order valence-electron chi connectivity index (χ1n) is 6.33. The maximum absolute atomic E-state index is 13.8. The van der Waals surface area contributed by atoms with Crippen LogP contribution in [-0.4, -0.2) is 30.4 Å². The van der Waals surface area contributed by atoms with Crippen LogP contribution in [0.2, 0.25) is 5.02 Å². The maximum atomic E-state index is 13.8. The SMILES string of the molecule is CC(C)OC(=O)CC(=O)c1cc(OCC(N)=O)c(Cl)cc1F. The van der Waals surface area contributed by atoms with Gasteiger partial charge < -0.3 is 15.2 Å². The van der Waals surface area contributed by atoms with E-state index in [0.29, 0.717) is 0 Å². The van der Waals surface area contributed by atoms with E-state index in [9.17, 15) is 18.8 Å². The average molecular weight is 332 g/mol. The van der Waals surface area contributed by atoms with E-state index < -0.39 is 36.5 Å². The third-order valence-electron chi connectivity index (χ3n) is 2.36. The van der Waals surface area contributed by atoms with Gasteiger partial charge in [0, 0.05) is 0 Å². The van der Waals surface area contributed by atoms with Gasteiger partial charge >= 0.3 is 5.97 Å². The zero-order valence-corrected chi connectivity index (χ0v) is 12.8. The van der Waals surface area contributed by atoms with E-state index in [2.05, 4.69) is 0 Å². The van der Waals surface area contributed by atoms with Gasteiger partial charge in [-0.3, -0.25) is 14.4 Å². The molecule has 1 aromatic rings. The van der Waals surface area contributed by atoms with Gasteiger partial charge in [-0.2, -0.15) is 0 Å². The topological polar surface area (TPSA) is 95.7 Å². The lowest BCUT2D eigenvalue weighted by Crippen LogP contribution is -2.20. The summed E-state index contributed by atoms with van der Waals surface area (Å²) in [5.41, 5.74) is 4.54. The van der Waals surface area contributed by atoms with E-state index in [1.54, 1.807) is 13.8 Å². The molecule has 120 valence electrons. The van der Waals surface area contributed by atoms with Crippen molar-refractivity contribution in [2.45, 2.75) is 26.4 Å². The second kappa shape index (κ2) is 7.74. The Morgan fingerprint density at radius 3 is 2.50 bits per heavy atom. The quantitative estimate of drug-likeness (QED) is 0.467. The van der Waals surface area contributed by atoms with Crippen LogP contribution in [0.25, 0.3) is 0 Å². The number of Topliss-reactive ketones (excluding diaryl/α,β-unsaturated/α-hetero) is 1. The summed E-state index contributed by atoms with van der Waals surface area (Å²) in [6, 6.07) is 1.88. The minimum absolute atomic E-state index is 0.0811. The predicted octanol–water partition coefficient (Wildman–Crippen LogP) is 1.87. The molecule has 0 aliphatic carbocycles. The van der Waals surface area contributed by atoms with Crippen molar-refractivity contribution < 1.29 is 28.2 Å². The van der Waals surface area contributed by atoms with Crippen LogP contribution in [0.3, 0.4) is 0 Å². The van der Waals surface area contributed by atoms with E-state index in [4.69, 9.17) is 26.8 Å². The molecule has 0 aliphatic heterocycles. The zero-order valence-electron chi connectivity index (χ0n) is 12.0. The molecule has 0 bridgehead atoms. The van der Waals surface area contributed by atoms with Gasteiger partial charge in [-0.1, -0.05) is 11.6 Å². The fraction of sp³-hybridized carbons (Fsp3) is 0.357.